The van der Waals surface area contributed by atoms with Crippen LogP contribution in [0.4, 0.5) is 35.1 Å². The molecule has 186 valence electrons. The fraction of sp³-hybridized carbons (Fsp3) is 0.412. The number of hydrogen-bond donors (Lipinski definition) is 3. The van der Waals surface area contributed by atoms with E-state index in [1.54, 1.807) is 0 Å². The van der Waals surface area contributed by atoms with Crippen LogP contribution in [0, 0.1) is 0 Å². The zero-order valence-electron chi connectivity index (χ0n) is 16.9. The van der Waals surface area contributed by atoms with Crippen molar-refractivity contribution in [2.24, 2.45) is 16.5 Å². The van der Waals surface area contributed by atoms with Crippen LogP contribution in [0.2, 0.25) is 0 Å². The van der Waals surface area contributed by atoms with Gasteiger partial charge >= 0.3 is 18.3 Å². The molecular formula is C17H15F8N7OS. The number of nitrogens with two attached hydrogens (primary N) is 2. The molecule has 3 rings (SSSR count). The molecule has 0 radical (unpaired) electrons. The van der Waals surface area contributed by atoms with Crippen molar-refractivity contribution in [2.45, 2.75) is 36.8 Å². The molecule has 0 aliphatic heterocycles. The number of aromatic nitrogens is 3. The summed E-state index contributed by atoms with van der Waals surface area (Å²) in [5, 5.41) is 7.46. The summed E-state index contributed by atoms with van der Waals surface area (Å²) in [6, 6.07) is 0. The van der Waals surface area contributed by atoms with E-state index < -0.39 is 47.0 Å². The first kappa shape index (κ1) is 25.5. The van der Waals surface area contributed by atoms with Crippen LogP contribution in [0.25, 0.3) is 11.3 Å². The molecule has 0 unspecified atom stereocenters. The Morgan fingerprint density at radius 2 is 1.82 bits per heavy atom. The number of nitrogens with one attached hydrogen (secondary N) is 1. The van der Waals surface area contributed by atoms with E-state index in [-0.39, 0.29) is 16.3 Å². The predicted molar refractivity (Wildman–Crippen MR) is 104 cm³/mol. The van der Waals surface area contributed by atoms with Crippen LogP contribution in [-0.4, -0.2) is 57.5 Å². The van der Waals surface area contributed by atoms with Crippen LogP contribution >= 0.6 is 11.3 Å². The molecule has 34 heavy (non-hydrogen) atoms. The summed E-state index contributed by atoms with van der Waals surface area (Å²) < 4.78 is 106. The highest BCUT2D eigenvalue weighted by atomic mass is 32.1. The van der Waals surface area contributed by atoms with E-state index in [1.807, 2.05) is 0 Å². The van der Waals surface area contributed by atoms with E-state index >= 15 is 0 Å². The molecule has 0 aromatic carbocycles. The van der Waals surface area contributed by atoms with Crippen LogP contribution in [-0.2, 0) is 0 Å². The lowest BCUT2D eigenvalue weighted by molar-refractivity contribution is -0.265. The van der Waals surface area contributed by atoms with Crippen molar-refractivity contribution in [2.75, 3.05) is 7.05 Å². The summed E-state index contributed by atoms with van der Waals surface area (Å²) in [4.78, 5) is 19.4. The maximum absolute atomic E-state index is 13.6. The number of allylic oxidation sites excluding steroid dienone is 2. The highest BCUT2D eigenvalue weighted by molar-refractivity contribution is 7.12. The number of amides is 1. The quantitative estimate of drug-likeness (QED) is 0.244. The van der Waals surface area contributed by atoms with Gasteiger partial charge in [0.25, 0.3) is 5.91 Å². The number of thiazole rings is 1. The summed E-state index contributed by atoms with van der Waals surface area (Å²) in [7, 11) is 0.729. The molecule has 2 aromatic heterocycles. The van der Waals surface area contributed by atoms with Gasteiger partial charge in [-0.15, -0.1) is 11.3 Å². The molecule has 0 atom stereocenters. The summed E-state index contributed by atoms with van der Waals surface area (Å²) in [5.74, 6) is -7.99. The van der Waals surface area contributed by atoms with Gasteiger partial charge in [0.2, 0.25) is 0 Å². The molecule has 1 aliphatic carbocycles. The molecule has 2 heterocycles. The first-order chi connectivity index (χ1) is 15.5. The molecule has 1 saturated carbocycles. The number of rotatable bonds is 5. The second kappa shape index (κ2) is 8.30. The fourth-order valence-corrected chi connectivity index (χ4v) is 3.38. The Kier molecular flexibility index (Phi) is 6.23. The third kappa shape index (κ3) is 4.89. The minimum absolute atomic E-state index is 0.0196. The van der Waals surface area contributed by atoms with Crippen molar-refractivity contribution in [1.29, 1.82) is 0 Å². The second-order valence-corrected chi connectivity index (χ2v) is 8.09. The minimum Gasteiger partial charge on any atom is -0.396 e. The number of halogens is 8. The Labute approximate surface area is 189 Å². The van der Waals surface area contributed by atoms with E-state index in [4.69, 9.17) is 11.5 Å². The summed E-state index contributed by atoms with van der Waals surface area (Å²) in [6.07, 6.45) is -9.16. The molecule has 1 amide bonds. The molecule has 2 aromatic rings. The van der Waals surface area contributed by atoms with E-state index in [9.17, 15) is 39.9 Å². The summed E-state index contributed by atoms with van der Waals surface area (Å²) >= 11 is 0.886. The van der Waals surface area contributed by atoms with E-state index in [2.05, 4.69) is 20.4 Å². The molecular weight excluding hydrogens is 502 g/mol. The zero-order valence-corrected chi connectivity index (χ0v) is 17.7. The molecule has 1 aliphatic rings. The van der Waals surface area contributed by atoms with Gasteiger partial charge in [0.15, 0.2) is 10.8 Å². The molecule has 0 spiro atoms. The van der Waals surface area contributed by atoms with Crippen LogP contribution in [0.3, 0.4) is 0 Å². The molecule has 0 saturated heterocycles. The van der Waals surface area contributed by atoms with Crippen molar-refractivity contribution < 1.29 is 39.9 Å². The van der Waals surface area contributed by atoms with Crippen molar-refractivity contribution in [3.63, 3.8) is 0 Å². The van der Waals surface area contributed by atoms with Crippen molar-refractivity contribution >= 4 is 23.1 Å². The van der Waals surface area contributed by atoms with Gasteiger partial charge in [-0.25, -0.2) is 9.67 Å². The third-order valence-electron chi connectivity index (χ3n) is 4.63. The lowest BCUT2D eigenvalue weighted by atomic mass is 10.1. The van der Waals surface area contributed by atoms with Crippen LogP contribution < -0.4 is 16.8 Å². The maximum Gasteiger partial charge on any atom is 0.459 e. The van der Waals surface area contributed by atoms with E-state index in [0.29, 0.717) is 17.5 Å². The Bertz CT molecular complexity index is 1160. The Morgan fingerprint density at radius 1 is 1.21 bits per heavy atom. The summed E-state index contributed by atoms with van der Waals surface area (Å²) in [5.41, 5.74) is 4.46. The van der Waals surface area contributed by atoms with Gasteiger partial charge in [-0.1, -0.05) is 0 Å². The average molecular weight is 517 g/mol. The van der Waals surface area contributed by atoms with Gasteiger partial charge in [0.1, 0.15) is 11.3 Å². The van der Waals surface area contributed by atoms with Gasteiger partial charge in [0.05, 0.1) is 17.6 Å². The molecule has 0 bridgehead atoms. The molecule has 8 nitrogen and oxygen atoms in total. The number of alkyl halides is 8. The lowest BCUT2D eigenvalue weighted by Crippen LogP contribution is -2.45. The lowest BCUT2D eigenvalue weighted by Gasteiger charge is -2.24. The van der Waals surface area contributed by atoms with Crippen LogP contribution in [0.1, 0.15) is 22.6 Å². The number of nitrogens with zero attached hydrogens (tertiary/aromatic N) is 4. The monoisotopic (exact) mass is 517 g/mol. The fourth-order valence-electron chi connectivity index (χ4n) is 2.66. The number of carbonyl (C=O) groups excluding carboxylic acids is 1. The van der Waals surface area contributed by atoms with Gasteiger partial charge in [-0.05, 0) is 12.8 Å². The standard InChI is InChI=1S/C17H15F8N7OS/c1-28-11(9(16(20,21)22)10(26)15(18,19)17(23,24)25)32-5-7(4-29-32)8-6-34-13(30-8)12(33)31-14(27)2-3-14/h4-6H,2-3,26-27H2,1H3,(H,31,33). The molecule has 1 fully saturated rings. The van der Waals surface area contributed by atoms with Gasteiger partial charge in [-0.2, -0.15) is 40.2 Å². The van der Waals surface area contributed by atoms with E-state index in [1.165, 1.54) is 5.38 Å². The molecule has 5 N–H and O–H groups in total. The highest BCUT2D eigenvalue weighted by Gasteiger charge is 2.62. The topological polar surface area (TPSA) is 124 Å². The number of hydrogen-bond acceptors (Lipinski definition) is 7. The third-order valence-corrected chi connectivity index (χ3v) is 5.47. The molecule has 17 heteroatoms. The SMILES string of the molecule is CN=C(C(=C(N)C(F)(F)C(F)(F)F)C(F)(F)F)n1cc(-c2csc(C(=O)NC3(N)CC3)n2)cn1. The Balaban J connectivity index is 1.98. The Hall–Kier alpha value is -3.08. The minimum atomic E-state index is -6.39. The number of carbonyl (C=O) groups is 1. The van der Waals surface area contributed by atoms with E-state index in [0.717, 1.165) is 30.8 Å². The predicted octanol–water partition coefficient (Wildman–Crippen LogP) is 3.03. The van der Waals surface area contributed by atoms with Gasteiger partial charge < -0.3 is 16.8 Å². The first-order valence-electron chi connectivity index (χ1n) is 9.11. The van der Waals surface area contributed by atoms with Crippen molar-refractivity contribution in [3.8, 4) is 11.3 Å². The van der Waals surface area contributed by atoms with Gasteiger partial charge in [0, 0.05) is 24.2 Å². The smallest absolute Gasteiger partial charge is 0.396 e. The van der Waals surface area contributed by atoms with Crippen LogP contribution in [0.15, 0.2) is 34.0 Å². The van der Waals surface area contributed by atoms with Crippen molar-refractivity contribution in [1.82, 2.24) is 20.1 Å². The largest absolute Gasteiger partial charge is 0.459 e. The van der Waals surface area contributed by atoms with Crippen LogP contribution in [0.5, 0.6) is 0 Å². The number of aliphatic imine (C=N–C) groups is 1. The van der Waals surface area contributed by atoms with Gasteiger partial charge in [-0.3, -0.25) is 9.79 Å². The summed E-state index contributed by atoms with van der Waals surface area (Å²) in [6.45, 7) is 0. The highest BCUT2D eigenvalue weighted by Crippen LogP contribution is 2.43. The zero-order chi connectivity index (χ0) is 25.7. The maximum atomic E-state index is 13.6. The second-order valence-electron chi connectivity index (χ2n) is 7.23. The Morgan fingerprint density at radius 3 is 2.32 bits per heavy atom. The van der Waals surface area contributed by atoms with Crippen molar-refractivity contribution in [3.05, 3.63) is 34.1 Å². The first-order valence-corrected chi connectivity index (χ1v) is 9.99. The average Bonchev–Trinajstić information content (AvgIpc) is 3.13. The normalized spacial score (nSPS) is 17.4.